The molecule has 2 rings (SSSR count). The SMILES string of the molecule is CN=C1NC(=O)C(c2ccc(F)cc2)N1. The highest BCUT2D eigenvalue weighted by Crippen LogP contribution is 2.16. The van der Waals surface area contributed by atoms with Crippen molar-refractivity contribution in [2.75, 3.05) is 7.05 Å². The third kappa shape index (κ3) is 1.81. The number of carbonyl (C=O) groups is 1. The van der Waals surface area contributed by atoms with Crippen LogP contribution in [0.25, 0.3) is 0 Å². The molecule has 2 N–H and O–H groups in total. The Bertz CT molecular complexity index is 413. The van der Waals surface area contributed by atoms with Gasteiger partial charge >= 0.3 is 0 Å². The van der Waals surface area contributed by atoms with E-state index in [0.29, 0.717) is 11.5 Å². The van der Waals surface area contributed by atoms with Gasteiger partial charge in [-0.3, -0.25) is 15.1 Å². The fraction of sp³-hybridized carbons (Fsp3) is 0.200. The van der Waals surface area contributed by atoms with E-state index in [1.54, 1.807) is 19.2 Å². The third-order valence-corrected chi connectivity index (χ3v) is 2.21. The van der Waals surface area contributed by atoms with E-state index in [0.717, 1.165) is 0 Å². The fourth-order valence-corrected chi connectivity index (χ4v) is 1.44. The largest absolute Gasteiger partial charge is 0.340 e. The molecule has 1 aromatic rings. The predicted molar refractivity (Wildman–Crippen MR) is 53.8 cm³/mol. The summed E-state index contributed by atoms with van der Waals surface area (Å²) in [6.07, 6.45) is 0. The second-order valence-corrected chi connectivity index (χ2v) is 3.19. The first-order valence-electron chi connectivity index (χ1n) is 4.50. The van der Waals surface area contributed by atoms with E-state index in [-0.39, 0.29) is 11.7 Å². The zero-order valence-corrected chi connectivity index (χ0v) is 8.12. The molecular weight excluding hydrogens is 197 g/mol. The number of aliphatic imine (C=N–C) groups is 1. The molecule has 1 saturated heterocycles. The van der Waals surface area contributed by atoms with Gasteiger partial charge in [-0.05, 0) is 17.7 Å². The normalized spacial score (nSPS) is 22.7. The Morgan fingerprint density at radius 1 is 1.33 bits per heavy atom. The van der Waals surface area contributed by atoms with Crippen LogP contribution in [0.3, 0.4) is 0 Å². The molecular formula is C10H10FN3O. The Kier molecular flexibility index (Phi) is 2.37. The van der Waals surface area contributed by atoms with Crippen LogP contribution in [0.4, 0.5) is 4.39 Å². The van der Waals surface area contributed by atoms with Crippen LogP contribution in [-0.2, 0) is 4.79 Å². The van der Waals surface area contributed by atoms with Crippen molar-refractivity contribution in [2.45, 2.75) is 6.04 Å². The van der Waals surface area contributed by atoms with E-state index in [1.165, 1.54) is 12.1 Å². The van der Waals surface area contributed by atoms with Crippen LogP contribution < -0.4 is 10.6 Å². The molecule has 15 heavy (non-hydrogen) atoms. The van der Waals surface area contributed by atoms with Gasteiger partial charge in [-0.1, -0.05) is 12.1 Å². The van der Waals surface area contributed by atoms with Crippen LogP contribution in [0, 0.1) is 5.82 Å². The Morgan fingerprint density at radius 3 is 2.53 bits per heavy atom. The molecule has 1 amide bonds. The van der Waals surface area contributed by atoms with E-state index in [9.17, 15) is 9.18 Å². The molecule has 5 heteroatoms. The summed E-state index contributed by atoms with van der Waals surface area (Å²) in [4.78, 5) is 15.3. The van der Waals surface area contributed by atoms with Gasteiger partial charge in [-0.25, -0.2) is 4.39 Å². The molecule has 1 atom stereocenters. The number of hydrogen-bond acceptors (Lipinski definition) is 2. The highest BCUT2D eigenvalue weighted by atomic mass is 19.1. The summed E-state index contributed by atoms with van der Waals surface area (Å²) in [5.41, 5.74) is 0.715. The molecule has 0 aromatic heterocycles. The van der Waals surface area contributed by atoms with Crippen molar-refractivity contribution < 1.29 is 9.18 Å². The average Bonchev–Trinajstić information content (AvgIpc) is 2.61. The first-order valence-corrected chi connectivity index (χ1v) is 4.50. The molecule has 0 saturated carbocycles. The lowest BCUT2D eigenvalue weighted by Crippen LogP contribution is -2.24. The van der Waals surface area contributed by atoms with Crippen LogP contribution in [0.15, 0.2) is 29.3 Å². The number of halogens is 1. The van der Waals surface area contributed by atoms with Crippen LogP contribution in [0.5, 0.6) is 0 Å². The van der Waals surface area contributed by atoms with Crippen molar-refractivity contribution in [2.24, 2.45) is 4.99 Å². The van der Waals surface area contributed by atoms with Gasteiger partial charge in [0.25, 0.3) is 5.91 Å². The number of guanidine groups is 1. The van der Waals surface area contributed by atoms with E-state index >= 15 is 0 Å². The quantitative estimate of drug-likeness (QED) is 0.707. The van der Waals surface area contributed by atoms with Gasteiger partial charge in [0.05, 0.1) is 0 Å². The van der Waals surface area contributed by atoms with Gasteiger partial charge in [-0.2, -0.15) is 0 Å². The first-order chi connectivity index (χ1) is 7.20. The minimum atomic E-state index is -0.482. The maximum absolute atomic E-state index is 12.7. The summed E-state index contributed by atoms with van der Waals surface area (Å²) in [5, 5.41) is 5.47. The summed E-state index contributed by atoms with van der Waals surface area (Å²) in [6.45, 7) is 0. The van der Waals surface area contributed by atoms with Crippen molar-refractivity contribution in [3.63, 3.8) is 0 Å². The summed E-state index contributed by atoms with van der Waals surface area (Å²) < 4.78 is 12.7. The highest BCUT2D eigenvalue weighted by molar-refractivity contribution is 6.06. The molecule has 1 unspecified atom stereocenters. The smallest absolute Gasteiger partial charge is 0.253 e. The lowest BCUT2D eigenvalue weighted by molar-refractivity contribution is -0.120. The van der Waals surface area contributed by atoms with Gasteiger partial charge in [0.15, 0.2) is 5.96 Å². The van der Waals surface area contributed by atoms with E-state index < -0.39 is 6.04 Å². The van der Waals surface area contributed by atoms with Gasteiger partial charge in [0, 0.05) is 7.05 Å². The van der Waals surface area contributed by atoms with Crippen LogP contribution >= 0.6 is 0 Å². The standard InChI is InChI=1S/C10H10FN3O/c1-12-10-13-8(9(15)14-10)6-2-4-7(11)5-3-6/h2-5,8H,1H3,(H2,12,13,14,15). The average molecular weight is 207 g/mol. The zero-order chi connectivity index (χ0) is 10.8. The van der Waals surface area contributed by atoms with Crippen molar-refractivity contribution in [1.29, 1.82) is 0 Å². The lowest BCUT2D eigenvalue weighted by Gasteiger charge is -2.07. The first kappa shape index (κ1) is 9.64. The number of rotatable bonds is 1. The summed E-state index contributed by atoms with van der Waals surface area (Å²) in [6, 6.07) is 5.32. The van der Waals surface area contributed by atoms with Crippen molar-refractivity contribution in [3.8, 4) is 0 Å². The van der Waals surface area contributed by atoms with Gasteiger partial charge < -0.3 is 5.32 Å². The van der Waals surface area contributed by atoms with Gasteiger partial charge in [0.2, 0.25) is 0 Å². The van der Waals surface area contributed by atoms with E-state index in [4.69, 9.17) is 0 Å². The molecule has 1 aliphatic heterocycles. The maximum atomic E-state index is 12.7. The topological polar surface area (TPSA) is 53.5 Å². The van der Waals surface area contributed by atoms with Crippen LogP contribution in [0.1, 0.15) is 11.6 Å². The second-order valence-electron chi connectivity index (χ2n) is 3.19. The Hall–Kier alpha value is -1.91. The Morgan fingerprint density at radius 2 is 2.00 bits per heavy atom. The lowest BCUT2D eigenvalue weighted by atomic mass is 10.1. The zero-order valence-electron chi connectivity index (χ0n) is 8.12. The van der Waals surface area contributed by atoms with Crippen LogP contribution in [-0.4, -0.2) is 18.9 Å². The molecule has 0 radical (unpaired) electrons. The number of benzene rings is 1. The van der Waals surface area contributed by atoms with Crippen molar-refractivity contribution in [3.05, 3.63) is 35.6 Å². The van der Waals surface area contributed by atoms with Crippen LogP contribution in [0.2, 0.25) is 0 Å². The summed E-state index contributed by atoms with van der Waals surface area (Å²) in [5.74, 6) is -0.0573. The number of amides is 1. The molecule has 0 spiro atoms. The number of nitrogens with one attached hydrogen (secondary N) is 2. The fourth-order valence-electron chi connectivity index (χ4n) is 1.44. The minimum absolute atomic E-state index is 0.179. The molecule has 0 aliphatic carbocycles. The molecule has 1 heterocycles. The van der Waals surface area contributed by atoms with E-state index in [2.05, 4.69) is 15.6 Å². The molecule has 1 aromatic carbocycles. The minimum Gasteiger partial charge on any atom is -0.340 e. The molecule has 4 nitrogen and oxygen atoms in total. The monoisotopic (exact) mass is 207 g/mol. The van der Waals surface area contributed by atoms with E-state index in [1.807, 2.05) is 0 Å². The number of nitrogens with zero attached hydrogens (tertiary/aromatic N) is 1. The predicted octanol–water partition coefficient (Wildman–Crippen LogP) is 0.572. The Balaban J connectivity index is 2.25. The van der Waals surface area contributed by atoms with Gasteiger partial charge in [-0.15, -0.1) is 0 Å². The highest BCUT2D eigenvalue weighted by Gasteiger charge is 2.28. The van der Waals surface area contributed by atoms with Crippen molar-refractivity contribution in [1.82, 2.24) is 10.6 Å². The molecule has 78 valence electrons. The second kappa shape index (κ2) is 3.68. The van der Waals surface area contributed by atoms with Gasteiger partial charge in [0.1, 0.15) is 11.9 Å². The molecule has 1 aliphatic rings. The molecule has 0 bridgehead atoms. The maximum Gasteiger partial charge on any atom is 0.253 e. The Labute approximate surface area is 86.2 Å². The number of carbonyl (C=O) groups excluding carboxylic acids is 1. The summed E-state index contributed by atoms with van der Waals surface area (Å²) >= 11 is 0. The molecule has 1 fully saturated rings. The number of hydrogen-bond donors (Lipinski definition) is 2. The third-order valence-electron chi connectivity index (χ3n) is 2.21. The van der Waals surface area contributed by atoms with Crippen molar-refractivity contribution >= 4 is 11.9 Å². The summed E-state index contributed by atoms with van der Waals surface area (Å²) in [7, 11) is 1.58.